The van der Waals surface area contributed by atoms with Crippen LogP contribution in [0.25, 0.3) is 0 Å². The van der Waals surface area contributed by atoms with E-state index < -0.39 is 6.04 Å². The topological polar surface area (TPSA) is 71.8 Å². The molecule has 2 unspecified atom stereocenters. The van der Waals surface area contributed by atoms with E-state index in [9.17, 15) is 9.59 Å². The predicted molar refractivity (Wildman–Crippen MR) is 115 cm³/mol. The molecule has 2 fully saturated rings. The van der Waals surface area contributed by atoms with E-state index in [1.165, 1.54) is 0 Å². The first kappa shape index (κ1) is 21.1. The van der Waals surface area contributed by atoms with E-state index in [0.717, 1.165) is 49.2 Å². The molecule has 2 aromatic rings. The number of thiophene rings is 1. The first-order valence-electron chi connectivity index (χ1n) is 10.9. The molecule has 30 heavy (non-hydrogen) atoms. The molecule has 0 radical (unpaired) electrons. The first-order chi connectivity index (χ1) is 14.6. The van der Waals surface area contributed by atoms with Crippen molar-refractivity contribution in [2.24, 2.45) is 0 Å². The third kappa shape index (κ3) is 5.13. The number of hydrogen-bond donors (Lipinski definition) is 1. The van der Waals surface area contributed by atoms with Crippen LogP contribution in [-0.2, 0) is 20.7 Å². The summed E-state index contributed by atoms with van der Waals surface area (Å²) in [6.07, 6.45) is 6.36. The highest BCUT2D eigenvalue weighted by Crippen LogP contribution is 2.28. The summed E-state index contributed by atoms with van der Waals surface area (Å²) in [6, 6.07) is 6.95. The van der Waals surface area contributed by atoms with Crippen molar-refractivity contribution in [3.05, 3.63) is 46.0 Å². The highest BCUT2D eigenvalue weighted by molar-refractivity contribution is 7.10. The zero-order valence-electron chi connectivity index (χ0n) is 17.5. The number of nitrogens with one attached hydrogen (secondary N) is 1. The zero-order chi connectivity index (χ0) is 20.9. The molecule has 3 heterocycles. The van der Waals surface area contributed by atoms with Crippen molar-refractivity contribution in [3.8, 4) is 0 Å². The van der Waals surface area contributed by atoms with Gasteiger partial charge in [0.25, 0.3) is 5.91 Å². The normalized spacial score (nSPS) is 20.4. The highest BCUT2D eigenvalue weighted by Gasteiger charge is 2.37. The minimum atomic E-state index is -0.782. The Hall–Kier alpha value is -2.12. The lowest BCUT2D eigenvalue weighted by Crippen LogP contribution is -2.48. The number of nitrogens with zero attached hydrogens (tertiary/aromatic N) is 1. The summed E-state index contributed by atoms with van der Waals surface area (Å²) in [6.45, 7) is 2.95. The Morgan fingerprint density at radius 1 is 1.20 bits per heavy atom. The Bertz CT molecular complexity index is 835. The molecule has 1 saturated heterocycles. The van der Waals surface area contributed by atoms with Crippen molar-refractivity contribution in [2.45, 2.75) is 70.1 Å². The maximum absolute atomic E-state index is 13.4. The molecule has 0 spiro atoms. The molecule has 0 aromatic carbocycles. The Kier molecular flexibility index (Phi) is 6.89. The summed E-state index contributed by atoms with van der Waals surface area (Å²) < 4.78 is 11.7. The number of rotatable bonds is 8. The van der Waals surface area contributed by atoms with Crippen LogP contribution in [0.3, 0.4) is 0 Å². The molecule has 0 bridgehead atoms. The van der Waals surface area contributed by atoms with E-state index in [0.29, 0.717) is 18.9 Å². The average Bonchev–Trinajstić information content (AvgIpc) is 3.51. The number of hydrogen-bond acceptors (Lipinski definition) is 5. The molecule has 1 aliphatic carbocycles. The lowest BCUT2D eigenvalue weighted by Gasteiger charge is -2.32. The van der Waals surface area contributed by atoms with E-state index in [1.807, 2.05) is 36.6 Å². The van der Waals surface area contributed by atoms with E-state index in [2.05, 4.69) is 5.32 Å². The molecule has 1 saturated carbocycles. The number of amides is 2. The van der Waals surface area contributed by atoms with Gasteiger partial charge in [0.15, 0.2) is 6.04 Å². The maximum atomic E-state index is 13.4. The van der Waals surface area contributed by atoms with Crippen LogP contribution in [-0.4, -0.2) is 42.0 Å². The van der Waals surface area contributed by atoms with Crippen LogP contribution in [0.5, 0.6) is 0 Å². The average molecular weight is 431 g/mol. The number of carbonyl (C=O) groups is 2. The lowest BCUT2D eigenvalue weighted by molar-refractivity contribution is -0.143. The molecule has 6 nitrogen and oxygen atoms in total. The van der Waals surface area contributed by atoms with Gasteiger partial charge < -0.3 is 19.4 Å². The maximum Gasteiger partial charge on any atom is 0.250 e. The van der Waals surface area contributed by atoms with Gasteiger partial charge in [-0.1, -0.05) is 18.9 Å². The molecule has 1 N–H and O–H groups in total. The van der Waals surface area contributed by atoms with Crippen LogP contribution in [0.15, 0.2) is 34.1 Å². The van der Waals surface area contributed by atoms with Crippen molar-refractivity contribution in [1.82, 2.24) is 10.2 Å². The van der Waals surface area contributed by atoms with Gasteiger partial charge in [-0.25, -0.2) is 0 Å². The summed E-state index contributed by atoms with van der Waals surface area (Å²) in [5, 5.41) is 5.14. The summed E-state index contributed by atoms with van der Waals surface area (Å²) in [4.78, 5) is 29.5. The van der Waals surface area contributed by atoms with Crippen LogP contribution in [0, 0.1) is 6.92 Å². The second kappa shape index (κ2) is 9.79. The molecular formula is C23H30N2O4S. The fourth-order valence-corrected chi connectivity index (χ4v) is 5.09. The standard InChI is InChI=1S/C23H30N2O4S/c1-16-10-11-20(29-16)22(23(27)24-17-6-2-3-7-17)25(15-18-8-4-12-28-18)21(26)14-19-9-5-13-30-19/h5,9-11,13,17-18,22H,2-4,6-8,12,14-15H2,1H3,(H,24,27). The molecular weight excluding hydrogens is 400 g/mol. The number of furan rings is 1. The van der Waals surface area contributed by atoms with Gasteiger partial charge in [-0.2, -0.15) is 0 Å². The SMILES string of the molecule is Cc1ccc(C(C(=O)NC2CCCC2)N(CC2CCCO2)C(=O)Cc2cccs2)o1. The number of aryl methyl sites for hydroxylation is 1. The van der Waals surface area contributed by atoms with Gasteiger partial charge >= 0.3 is 0 Å². The molecule has 2 amide bonds. The van der Waals surface area contributed by atoms with Crippen molar-refractivity contribution < 1.29 is 18.7 Å². The van der Waals surface area contributed by atoms with Gasteiger partial charge in [0.2, 0.25) is 5.91 Å². The Balaban J connectivity index is 1.61. The first-order valence-corrected chi connectivity index (χ1v) is 11.8. The molecule has 2 atom stereocenters. The minimum Gasteiger partial charge on any atom is -0.464 e. The Morgan fingerprint density at radius 3 is 2.67 bits per heavy atom. The van der Waals surface area contributed by atoms with Crippen molar-refractivity contribution >= 4 is 23.2 Å². The monoisotopic (exact) mass is 430 g/mol. The molecule has 1 aliphatic heterocycles. The van der Waals surface area contributed by atoms with Gasteiger partial charge in [-0.3, -0.25) is 9.59 Å². The minimum absolute atomic E-state index is 0.0462. The predicted octanol–water partition coefficient (Wildman–Crippen LogP) is 4.00. The van der Waals surface area contributed by atoms with E-state index in [1.54, 1.807) is 16.2 Å². The van der Waals surface area contributed by atoms with E-state index in [-0.39, 0.29) is 30.4 Å². The van der Waals surface area contributed by atoms with Crippen LogP contribution in [0.1, 0.15) is 61.0 Å². The van der Waals surface area contributed by atoms with Crippen LogP contribution >= 0.6 is 11.3 Å². The Labute approximate surface area is 181 Å². The van der Waals surface area contributed by atoms with Crippen LogP contribution in [0.2, 0.25) is 0 Å². The van der Waals surface area contributed by atoms with Gasteiger partial charge in [0.05, 0.1) is 12.5 Å². The van der Waals surface area contributed by atoms with Gasteiger partial charge in [-0.05, 0) is 56.2 Å². The van der Waals surface area contributed by atoms with Crippen LogP contribution in [0.4, 0.5) is 0 Å². The highest BCUT2D eigenvalue weighted by atomic mass is 32.1. The molecule has 162 valence electrons. The smallest absolute Gasteiger partial charge is 0.250 e. The largest absolute Gasteiger partial charge is 0.464 e. The Morgan fingerprint density at radius 2 is 2.03 bits per heavy atom. The van der Waals surface area contributed by atoms with Crippen molar-refractivity contribution in [2.75, 3.05) is 13.2 Å². The third-order valence-corrected chi connectivity index (χ3v) is 6.82. The summed E-state index contributed by atoms with van der Waals surface area (Å²) in [5.41, 5.74) is 0. The van der Waals surface area contributed by atoms with Gasteiger partial charge in [0, 0.05) is 24.1 Å². The van der Waals surface area contributed by atoms with E-state index >= 15 is 0 Å². The quantitative estimate of drug-likeness (QED) is 0.687. The summed E-state index contributed by atoms with van der Waals surface area (Å²) in [5.74, 6) is 1.01. The van der Waals surface area contributed by atoms with Crippen molar-refractivity contribution in [1.29, 1.82) is 0 Å². The zero-order valence-corrected chi connectivity index (χ0v) is 18.3. The van der Waals surface area contributed by atoms with Crippen molar-refractivity contribution in [3.63, 3.8) is 0 Å². The fraction of sp³-hybridized carbons (Fsp3) is 0.565. The van der Waals surface area contributed by atoms with Crippen LogP contribution < -0.4 is 5.32 Å². The fourth-order valence-electron chi connectivity index (χ4n) is 4.40. The number of carbonyl (C=O) groups excluding carboxylic acids is 2. The molecule has 2 aromatic heterocycles. The summed E-state index contributed by atoms with van der Waals surface area (Å²) in [7, 11) is 0. The second-order valence-electron chi connectivity index (χ2n) is 8.28. The summed E-state index contributed by atoms with van der Waals surface area (Å²) >= 11 is 1.55. The molecule has 7 heteroatoms. The second-order valence-corrected chi connectivity index (χ2v) is 9.31. The third-order valence-electron chi connectivity index (χ3n) is 5.94. The molecule has 4 rings (SSSR count). The molecule has 2 aliphatic rings. The van der Waals surface area contributed by atoms with Gasteiger partial charge in [-0.15, -0.1) is 11.3 Å². The van der Waals surface area contributed by atoms with Gasteiger partial charge in [0.1, 0.15) is 11.5 Å². The lowest BCUT2D eigenvalue weighted by atomic mass is 10.1. The van der Waals surface area contributed by atoms with E-state index in [4.69, 9.17) is 9.15 Å². The number of ether oxygens (including phenoxy) is 1.